The summed E-state index contributed by atoms with van der Waals surface area (Å²) < 4.78 is 53.5. The number of nitrogens with one attached hydrogen (secondary N) is 1. The summed E-state index contributed by atoms with van der Waals surface area (Å²) in [6.07, 6.45) is 4.98. The molecule has 4 aliphatic rings. The summed E-state index contributed by atoms with van der Waals surface area (Å²) in [6, 6.07) is -0.0514. The number of amides is 1. The van der Waals surface area contributed by atoms with Gasteiger partial charge in [-0.2, -0.15) is 8.42 Å². The molecule has 0 radical (unpaired) electrons. The SMILES string of the molecule is CC(C)CCN1C(=O)C(C2=NS(=O)(=O)c3c(CCS(C)(=O)=O)csc3N2)=C(O)C2C3CCC(C3)C21. The average molecular weight is 542 g/mol. The van der Waals surface area contributed by atoms with E-state index < -0.39 is 19.9 Å². The fourth-order valence-corrected chi connectivity index (χ4v) is 9.41. The van der Waals surface area contributed by atoms with Crippen molar-refractivity contribution in [2.75, 3.05) is 23.9 Å². The number of aliphatic hydroxyl groups excluding tert-OH is 1. The Kier molecular flexibility index (Phi) is 6.07. The Bertz CT molecular complexity index is 1340. The van der Waals surface area contributed by atoms with Crippen LogP contribution in [0.25, 0.3) is 0 Å². The summed E-state index contributed by atoms with van der Waals surface area (Å²) in [6.45, 7) is 4.75. The Balaban J connectivity index is 1.53. The monoisotopic (exact) mass is 541 g/mol. The number of carbonyl (C=O) groups excluding carboxylic acids is 1. The molecule has 0 saturated heterocycles. The molecule has 192 valence electrons. The van der Waals surface area contributed by atoms with Crippen LogP contribution < -0.4 is 5.32 Å². The van der Waals surface area contributed by atoms with Gasteiger partial charge in [-0.05, 0) is 60.8 Å². The molecule has 4 unspecified atom stereocenters. The molecule has 0 aromatic carbocycles. The van der Waals surface area contributed by atoms with Crippen LogP contribution in [0.5, 0.6) is 0 Å². The minimum atomic E-state index is -4.19. The Morgan fingerprint density at radius 3 is 2.69 bits per heavy atom. The minimum absolute atomic E-state index is 0.0484. The minimum Gasteiger partial charge on any atom is -0.511 e. The topological polar surface area (TPSA) is 133 Å². The molecule has 9 nitrogen and oxygen atoms in total. The highest BCUT2D eigenvalue weighted by Crippen LogP contribution is 2.55. The van der Waals surface area contributed by atoms with Crippen molar-refractivity contribution in [2.24, 2.45) is 28.1 Å². The standard InChI is InChI=1S/C23H31N3O6S3/c1-12(2)6-8-26-18-14-5-4-13(10-14)16(18)19(27)17(23(26)28)21-24-22-20(35(31,32)25-21)15(11-33-22)7-9-34(3,29)30/h11-14,16,18,27H,4-10H2,1-3H3,(H,24,25). The Hall–Kier alpha value is -1.92. The van der Waals surface area contributed by atoms with E-state index in [-0.39, 0.29) is 63.0 Å². The Labute approximate surface area is 210 Å². The van der Waals surface area contributed by atoms with Gasteiger partial charge in [-0.3, -0.25) is 4.79 Å². The molecule has 3 heterocycles. The van der Waals surface area contributed by atoms with Gasteiger partial charge in [0, 0.05) is 24.8 Å². The van der Waals surface area contributed by atoms with E-state index in [4.69, 9.17) is 0 Å². The maximum absolute atomic E-state index is 13.7. The second kappa shape index (κ2) is 8.58. The molecule has 5 rings (SSSR count). The number of sulfone groups is 1. The molecule has 2 aliphatic heterocycles. The Morgan fingerprint density at radius 2 is 2.00 bits per heavy atom. The summed E-state index contributed by atoms with van der Waals surface area (Å²) in [5.74, 6) is 0.0766. The van der Waals surface area contributed by atoms with Crippen molar-refractivity contribution in [3.63, 3.8) is 0 Å². The van der Waals surface area contributed by atoms with Crippen LogP contribution in [0.3, 0.4) is 0 Å². The number of amidine groups is 1. The Morgan fingerprint density at radius 1 is 1.29 bits per heavy atom. The van der Waals surface area contributed by atoms with Crippen molar-refractivity contribution in [2.45, 2.75) is 56.9 Å². The summed E-state index contributed by atoms with van der Waals surface area (Å²) in [5, 5.41) is 16.2. The van der Waals surface area contributed by atoms with Gasteiger partial charge < -0.3 is 15.3 Å². The lowest BCUT2D eigenvalue weighted by Gasteiger charge is -2.44. The van der Waals surface area contributed by atoms with E-state index in [2.05, 4.69) is 23.6 Å². The van der Waals surface area contributed by atoms with Crippen molar-refractivity contribution in [1.29, 1.82) is 0 Å². The van der Waals surface area contributed by atoms with E-state index in [1.54, 1.807) is 5.38 Å². The third kappa shape index (κ3) is 4.31. The normalized spacial score (nSPS) is 29.3. The van der Waals surface area contributed by atoms with E-state index in [0.29, 0.717) is 23.9 Å². The number of thiophene rings is 1. The molecule has 4 atom stereocenters. The van der Waals surface area contributed by atoms with E-state index in [0.717, 1.165) is 43.3 Å². The number of sulfonamides is 1. The lowest BCUT2D eigenvalue weighted by molar-refractivity contribution is -0.133. The number of nitrogens with zero attached hydrogens (tertiary/aromatic N) is 2. The van der Waals surface area contributed by atoms with E-state index in [1.807, 2.05) is 4.90 Å². The fraction of sp³-hybridized carbons (Fsp3) is 0.652. The van der Waals surface area contributed by atoms with Gasteiger partial charge in [0.2, 0.25) is 0 Å². The van der Waals surface area contributed by atoms with Crippen LogP contribution in [-0.4, -0.2) is 63.2 Å². The number of anilines is 1. The average Bonchev–Trinajstić information content (AvgIpc) is 3.46. The van der Waals surface area contributed by atoms with Crippen molar-refractivity contribution in [1.82, 2.24) is 4.90 Å². The van der Waals surface area contributed by atoms with Gasteiger partial charge in [-0.25, -0.2) is 8.42 Å². The number of aliphatic hydroxyl groups is 1. The number of carbonyl (C=O) groups is 1. The van der Waals surface area contributed by atoms with Gasteiger partial charge in [-0.15, -0.1) is 15.7 Å². The summed E-state index contributed by atoms with van der Waals surface area (Å²) >= 11 is 1.13. The highest BCUT2D eigenvalue weighted by Gasteiger charge is 2.57. The zero-order valence-electron chi connectivity index (χ0n) is 20.0. The van der Waals surface area contributed by atoms with Gasteiger partial charge in [0.15, 0.2) is 5.84 Å². The second-order valence-corrected chi connectivity index (χ2v) is 15.3. The lowest BCUT2D eigenvalue weighted by atomic mass is 9.77. The lowest BCUT2D eigenvalue weighted by Crippen LogP contribution is -2.54. The maximum Gasteiger partial charge on any atom is 0.287 e. The number of hydrogen-bond acceptors (Lipinski definition) is 8. The van der Waals surface area contributed by atoms with Crippen LogP contribution >= 0.6 is 11.3 Å². The third-order valence-corrected chi connectivity index (χ3v) is 11.1. The molecule has 2 saturated carbocycles. The summed E-state index contributed by atoms with van der Waals surface area (Å²) in [7, 11) is -7.47. The van der Waals surface area contributed by atoms with Gasteiger partial charge in [0.1, 0.15) is 31.1 Å². The van der Waals surface area contributed by atoms with Crippen molar-refractivity contribution in [3.05, 3.63) is 22.3 Å². The van der Waals surface area contributed by atoms with Crippen LogP contribution in [0, 0.1) is 23.7 Å². The largest absolute Gasteiger partial charge is 0.511 e. The predicted octanol–water partition coefficient (Wildman–Crippen LogP) is 2.96. The quantitative estimate of drug-likeness (QED) is 0.542. The summed E-state index contributed by atoms with van der Waals surface area (Å²) in [5.41, 5.74) is 0.327. The molecule has 2 bridgehead atoms. The van der Waals surface area contributed by atoms with Crippen LogP contribution in [-0.2, 0) is 31.1 Å². The highest BCUT2D eigenvalue weighted by molar-refractivity contribution is 7.91. The van der Waals surface area contributed by atoms with Gasteiger partial charge >= 0.3 is 0 Å². The zero-order chi connectivity index (χ0) is 25.3. The van der Waals surface area contributed by atoms with Crippen molar-refractivity contribution >= 4 is 47.9 Å². The number of fused-ring (bicyclic) bond motifs is 6. The third-order valence-electron chi connectivity index (χ3n) is 7.72. The molecule has 2 N–H and O–H groups in total. The second-order valence-electron chi connectivity index (χ2n) is 10.6. The van der Waals surface area contributed by atoms with Crippen molar-refractivity contribution < 1.29 is 26.7 Å². The van der Waals surface area contributed by atoms with Crippen LogP contribution in [0.4, 0.5) is 5.00 Å². The van der Waals surface area contributed by atoms with Gasteiger partial charge in [-0.1, -0.05) is 13.8 Å². The van der Waals surface area contributed by atoms with Crippen molar-refractivity contribution in [3.8, 4) is 0 Å². The highest BCUT2D eigenvalue weighted by atomic mass is 32.2. The molecule has 35 heavy (non-hydrogen) atoms. The maximum atomic E-state index is 13.7. The first kappa shape index (κ1) is 24.8. The molecule has 2 fully saturated rings. The molecule has 0 spiro atoms. The number of aryl methyl sites for hydroxylation is 1. The van der Waals surface area contributed by atoms with Crippen LogP contribution in [0.15, 0.2) is 26.0 Å². The van der Waals surface area contributed by atoms with Crippen LogP contribution in [0.1, 0.15) is 45.1 Å². The van der Waals surface area contributed by atoms with Gasteiger partial charge in [0.05, 0.1) is 5.75 Å². The molecule has 1 aromatic heterocycles. The number of hydrogen-bond donors (Lipinski definition) is 2. The van der Waals surface area contributed by atoms with Crippen LogP contribution in [0.2, 0.25) is 0 Å². The molecule has 1 amide bonds. The molecule has 1 aromatic rings. The number of rotatable bonds is 7. The van der Waals surface area contributed by atoms with E-state index >= 15 is 0 Å². The first-order chi connectivity index (χ1) is 16.4. The fourth-order valence-electron chi connectivity index (χ4n) is 6.14. The molecule has 2 aliphatic carbocycles. The molecular formula is C23H31N3O6S3. The van der Waals surface area contributed by atoms with E-state index in [1.165, 1.54) is 0 Å². The molecule has 12 heteroatoms. The first-order valence-electron chi connectivity index (χ1n) is 12.0. The first-order valence-corrected chi connectivity index (χ1v) is 16.4. The molecular weight excluding hydrogens is 510 g/mol. The smallest absolute Gasteiger partial charge is 0.287 e. The zero-order valence-corrected chi connectivity index (χ0v) is 22.5. The predicted molar refractivity (Wildman–Crippen MR) is 135 cm³/mol. The summed E-state index contributed by atoms with van der Waals surface area (Å²) in [4.78, 5) is 15.5. The van der Waals surface area contributed by atoms with E-state index in [9.17, 15) is 26.7 Å². The van der Waals surface area contributed by atoms with Gasteiger partial charge in [0.25, 0.3) is 15.9 Å².